The van der Waals surface area contributed by atoms with Crippen LogP contribution in [0.15, 0.2) is 116 Å². The summed E-state index contributed by atoms with van der Waals surface area (Å²) in [6.07, 6.45) is 4.40. The highest BCUT2D eigenvalue weighted by atomic mass is 32.2. The van der Waals surface area contributed by atoms with Gasteiger partial charge in [-0.2, -0.15) is 4.31 Å². The number of nitrogens with zero attached hydrogens (tertiary/aromatic N) is 3. The fourth-order valence-corrected chi connectivity index (χ4v) is 5.05. The van der Waals surface area contributed by atoms with Crippen molar-refractivity contribution in [3.05, 3.63) is 138 Å². The van der Waals surface area contributed by atoms with Crippen LogP contribution in [-0.4, -0.2) is 47.2 Å². The third-order valence-corrected chi connectivity index (χ3v) is 7.56. The molecule has 3 aromatic carbocycles. The largest absolute Gasteiger partial charge is 0.350 e. The first-order chi connectivity index (χ1) is 19.3. The van der Waals surface area contributed by atoms with Crippen molar-refractivity contribution < 1.29 is 18.0 Å². The van der Waals surface area contributed by atoms with Gasteiger partial charge < -0.3 is 10.2 Å². The average molecular weight is 557 g/mol. The molecule has 1 atom stereocenters. The van der Waals surface area contributed by atoms with Crippen LogP contribution in [0.2, 0.25) is 0 Å². The van der Waals surface area contributed by atoms with Crippen LogP contribution >= 0.6 is 0 Å². The van der Waals surface area contributed by atoms with Crippen molar-refractivity contribution in [3.8, 4) is 0 Å². The van der Waals surface area contributed by atoms with Gasteiger partial charge in [-0.25, -0.2) is 8.42 Å². The van der Waals surface area contributed by atoms with E-state index in [-0.39, 0.29) is 25.5 Å². The standard InChI is InChI=1S/C31H32N4O4S/c1-40(38,39)34(22-25-12-5-2-6-13-25)24-29(36)35(23-26-14-7-3-8-15-26)30(28-17-9-4-10-18-28)31(37)33-21-27-16-11-19-32-20-27/h2-20,30H,21-24H2,1H3,(H,33,37). The van der Waals surface area contributed by atoms with E-state index in [0.29, 0.717) is 5.56 Å². The summed E-state index contributed by atoms with van der Waals surface area (Å²) in [6, 6.07) is 30.1. The number of hydrogen-bond donors (Lipinski definition) is 1. The van der Waals surface area contributed by atoms with Crippen molar-refractivity contribution in [3.63, 3.8) is 0 Å². The zero-order valence-electron chi connectivity index (χ0n) is 22.3. The highest BCUT2D eigenvalue weighted by Gasteiger charge is 2.33. The van der Waals surface area contributed by atoms with Crippen LogP contribution < -0.4 is 5.32 Å². The van der Waals surface area contributed by atoms with E-state index in [1.807, 2.05) is 72.8 Å². The van der Waals surface area contributed by atoms with Gasteiger partial charge in [-0.05, 0) is 28.3 Å². The quantitative estimate of drug-likeness (QED) is 0.285. The summed E-state index contributed by atoms with van der Waals surface area (Å²) >= 11 is 0. The Bertz CT molecular complexity index is 1490. The van der Waals surface area contributed by atoms with Crippen LogP contribution in [0.25, 0.3) is 0 Å². The Hall–Kier alpha value is -4.34. The number of rotatable bonds is 12. The maximum Gasteiger partial charge on any atom is 0.247 e. The van der Waals surface area contributed by atoms with Gasteiger partial charge in [0.2, 0.25) is 21.8 Å². The normalized spacial score (nSPS) is 12.1. The summed E-state index contributed by atoms with van der Waals surface area (Å²) in [5, 5.41) is 2.94. The lowest BCUT2D eigenvalue weighted by Crippen LogP contribution is -2.47. The van der Waals surface area contributed by atoms with Crippen LogP contribution in [0.1, 0.15) is 28.3 Å². The van der Waals surface area contributed by atoms with E-state index in [9.17, 15) is 18.0 Å². The Morgan fingerprint density at radius 1 is 0.775 bits per heavy atom. The van der Waals surface area contributed by atoms with E-state index in [0.717, 1.165) is 27.3 Å². The second-order valence-corrected chi connectivity index (χ2v) is 11.4. The third kappa shape index (κ3) is 8.08. The first kappa shape index (κ1) is 28.7. The van der Waals surface area contributed by atoms with E-state index in [1.54, 1.807) is 42.7 Å². The molecule has 1 heterocycles. The zero-order valence-corrected chi connectivity index (χ0v) is 23.1. The summed E-state index contributed by atoms with van der Waals surface area (Å²) < 4.78 is 26.6. The summed E-state index contributed by atoms with van der Waals surface area (Å²) in [7, 11) is -3.74. The monoisotopic (exact) mass is 556 g/mol. The minimum atomic E-state index is -3.74. The van der Waals surface area contributed by atoms with Crippen molar-refractivity contribution in [1.82, 2.24) is 19.5 Å². The Morgan fingerprint density at radius 3 is 1.88 bits per heavy atom. The molecule has 1 aromatic heterocycles. The highest BCUT2D eigenvalue weighted by Crippen LogP contribution is 2.25. The number of nitrogens with one attached hydrogen (secondary N) is 1. The molecule has 9 heteroatoms. The van der Waals surface area contributed by atoms with Gasteiger partial charge >= 0.3 is 0 Å². The number of benzene rings is 3. The number of carbonyl (C=O) groups is 2. The fourth-order valence-electron chi connectivity index (χ4n) is 4.32. The molecule has 8 nitrogen and oxygen atoms in total. The molecule has 0 aliphatic rings. The second-order valence-electron chi connectivity index (χ2n) is 9.42. The molecule has 0 radical (unpaired) electrons. The Morgan fingerprint density at radius 2 is 1.32 bits per heavy atom. The predicted octanol–water partition coefficient (Wildman–Crippen LogP) is 3.93. The molecular formula is C31H32N4O4S. The maximum absolute atomic E-state index is 14.0. The number of pyridine rings is 1. The fraction of sp³-hybridized carbons (Fsp3) is 0.194. The Kier molecular flexibility index (Phi) is 9.77. The Labute approximate surface area is 235 Å². The molecule has 0 bridgehead atoms. The van der Waals surface area contributed by atoms with Gasteiger partial charge in [0.15, 0.2) is 0 Å². The van der Waals surface area contributed by atoms with Gasteiger partial charge in [0.25, 0.3) is 0 Å². The lowest BCUT2D eigenvalue weighted by molar-refractivity contribution is -0.141. The molecule has 2 amide bonds. The topological polar surface area (TPSA) is 99.7 Å². The van der Waals surface area contributed by atoms with Gasteiger partial charge in [0.05, 0.1) is 12.8 Å². The second kappa shape index (κ2) is 13.6. The summed E-state index contributed by atoms with van der Waals surface area (Å²) in [5.41, 5.74) is 2.99. The first-order valence-corrected chi connectivity index (χ1v) is 14.7. The van der Waals surface area contributed by atoms with Crippen LogP contribution in [0.4, 0.5) is 0 Å². The lowest BCUT2D eigenvalue weighted by Gasteiger charge is -2.33. The zero-order chi connectivity index (χ0) is 28.4. The van der Waals surface area contributed by atoms with E-state index in [4.69, 9.17) is 0 Å². The van der Waals surface area contributed by atoms with Gasteiger partial charge in [-0.1, -0.05) is 97.1 Å². The van der Waals surface area contributed by atoms with Crippen molar-refractivity contribution in [2.24, 2.45) is 0 Å². The molecule has 0 aliphatic carbocycles. The van der Waals surface area contributed by atoms with Crippen LogP contribution in [0, 0.1) is 0 Å². The summed E-state index contributed by atoms with van der Waals surface area (Å²) in [5.74, 6) is -0.871. The Balaban J connectivity index is 1.68. The van der Waals surface area contributed by atoms with E-state index in [2.05, 4.69) is 10.3 Å². The minimum absolute atomic E-state index is 0.0355. The van der Waals surface area contributed by atoms with Gasteiger partial charge in [0.1, 0.15) is 6.04 Å². The number of aromatic nitrogens is 1. The molecule has 0 spiro atoms. The molecular weight excluding hydrogens is 524 g/mol. The molecule has 1 unspecified atom stereocenters. The van der Waals surface area contributed by atoms with Crippen LogP contribution in [0.3, 0.4) is 0 Å². The number of carbonyl (C=O) groups excluding carboxylic acids is 2. The lowest BCUT2D eigenvalue weighted by atomic mass is 10.0. The SMILES string of the molecule is CS(=O)(=O)N(CC(=O)N(Cc1ccccc1)C(C(=O)NCc1cccnc1)c1ccccc1)Cc1ccccc1. The molecule has 1 N–H and O–H groups in total. The van der Waals surface area contributed by atoms with Gasteiger partial charge in [-0.3, -0.25) is 14.6 Å². The predicted molar refractivity (Wildman–Crippen MR) is 154 cm³/mol. The molecule has 206 valence electrons. The number of sulfonamides is 1. The average Bonchev–Trinajstić information content (AvgIpc) is 2.97. The van der Waals surface area contributed by atoms with Gasteiger partial charge in [-0.15, -0.1) is 0 Å². The minimum Gasteiger partial charge on any atom is -0.350 e. The molecule has 4 rings (SSSR count). The van der Waals surface area contributed by atoms with Crippen molar-refractivity contribution in [2.45, 2.75) is 25.7 Å². The summed E-state index contributed by atoms with van der Waals surface area (Å²) in [6.45, 7) is -0.0388. The van der Waals surface area contributed by atoms with E-state index >= 15 is 0 Å². The van der Waals surface area contributed by atoms with Crippen molar-refractivity contribution >= 4 is 21.8 Å². The molecule has 0 saturated carbocycles. The smallest absolute Gasteiger partial charge is 0.247 e. The number of hydrogen-bond acceptors (Lipinski definition) is 5. The van der Waals surface area contributed by atoms with Crippen LogP contribution in [-0.2, 0) is 39.2 Å². The molecule has 0 fully saturated rings. The molecule has 4 aromatic rings. The molecule has 40 heavy (non-hydrogen) atoms. The van der Waals surface area contributed by atoms with Crippen LogP contribution in [0.5, 0.6) is 0 Å². The highest BCUT2D eigenvalue weighted by molar-refractivity contribution is 7.88. The van der Waals surface area contributed by atoms with E-state index in [1.165, 1.54) is 4.90 Å². The van der Waals surface area contributed by atoms with Crippen molar-refractivity contribution in [1.29, 1.82) is 0 Å². The molecule has 0 aliphatic heterocycles. The van der Waals surface area contributed by atoms with E-state index < -0.39 is 28.5 Å². The van der Waals surface area contributed by atoms with Crippen molar-refractivity contribution in [2.75, 3.05) is 12.8 Å². The summed E-state index contributed by atoms with van der Waals surface area (Å²) in [4.78, 5) is 33.3. The third-order valence-electron chi connectivity index (χ3n) is 6.36. The number of amides is 2. The maximum atomic E-state index is 14.0. The first-order valence-electron chi connectivity index (χ1n) is 12.9. The molecule has 0 saturated heterocycles. The van der Waals surface area contributed by atoms with Gasteiger partial charge in [0, 0.05) is 32.0 Å².